The van der Waals surface area contributed by atoms with Crippen molar-refractivity contribution in [3.05, 3.63) is 35.3 Å². The molecule has 0 saturated heterocycles. The number of benzene rings is 1. The fourth-order valence-corrected chi connectivity index (χ4v) is 2.02. The van der Waals surface area contributed by atoms with Crippen LogP contribution in [0.15, 0.2) is 18.2 Å². The highest BCUT2D eigenvalue weighted by molar-refractivity contribution is 5.93. The highest BCUT2D eigenvalue weighted by atomic mass is 19.1. The van der Waals surface area contributed by atoms with Gasteiger partial charge in [-0.1, -0.05) is 0 Å². The fourth-order valence-electron chi connectivity index (χ4n) is 2.02. The Hall–Kier alpha value is -2.28. The Morgan fingerprint density at radius 1 is 1.33 bits per heavy atom. The number of esters is 1. The molecule has 0 saturated carbocycles. The van der Waals surface area contributed by atoms with E-state index in [9.17, 15) is 9.18 Å². The van der Waals surface area contributed by atoms with Gasteiger partial charge in [-0.05, 0) is 44.8 Å². The van der Waals surface area contributed by atoms with Crippen molar-refractivity contribution in [2.45, 2.75) is 13.5 Å². The maximum Gasteiger partial charge on any atom is 0.361 e. The molecule has 0 radical (unpaired) electrons. The Balaban J connectivity index is 2.40. The van der Waals surface area contributed by atoms with Crippen molar-refractivity contribution >= 4 is 5.97 Å². The van der Waals surface area contributed by atoms with Gasteiger partial charge >= 0.3 is 5.97 Å². The minimum absolute atomic E-state index is 0.0539. The van der Waals surface area contributed by atoms with E-state index < -0.39 is 5.97 Å². The first-order valence-electron chi connectivity index (χ1n) is 6.53. The number of nitrogens with zero attached hydrogens (tertiary/aromatic N) is 3. The minimum Gasteiger partial charge on any atom is -0.461 e. The highest BCUT2D eigenvalue weighted by Gasteiger charge is 2.19. The van der Waals surface area contributed by atoms with Crippen molar-refractivity contribution < 1.29 is 13.9 Å². The summed E-state index contributed by atoms with van der Waals surface area (Å²) >= 11 is 0. The number of ether oxygens (including phenoxy) is 1. The summed E-state index contributed by atoms with van der Waals surface area (Å²) in [4.78, 5) is 13.7. The molecule has 0 amide bonds. The van der Waals surface area contributed by atoms with Crippen LogP contribution < -0.4 is 0 Å². The Labute approximate surface area is 121 Å². The second-order valence-electron chi connectivity index (χ2n) is 4.83. The van der Waals surface area contributed by atoms with Crippen LogP contribution in [0.2, 0.25) is 0 Å². The molecular weight excluding hydrogens is 275 g/mol. The zero-order valence-corrected chi connectivity index (χ0v) is 12.2. The van der Waals surface area contributed by atoms with E-state index in [1.54, 1.807) is 13.0 Å². The first kappa shape index (κ1) is 15.1. The van der Waals surface area contributed by atoms with Gasteiger partial charge in [-0.3, -0.25) is 0 Å². The van der Waals surface area contributed by atoms with Gasteiger partial charge in [-0.15, -0.1) is 5.10 Å². The van der Waals surface area contributed by atoms with Crippen LogP contribution in [-0.4, -0.2) is 47.0 Å². The molecule has 0 aliphatic rings. The number of nitrogens with one attached hydrogen (secondary N) is 1. The largest absolute Gasteiger partial charge is 0.461 e. The predicted octanol–water partition coefficient (Wildman–Crippen LogP) is 1.85. The third-order valence-electron chi connectivity index (χ3n) is 2.75. The molecule has 1 N–H and O–H groups in total. The Morgan fingerprint density at radius 3 is 2.76 bits per heavy atom. The van der Waals surface area contributed by atoms with Gasteiger partial charge in [0.1, 0.15) is 11.5 Å². The molecule has 2 aromatic rings. The summed E-state index contributed by atoms with van der Waals surface area (Å²) in [5, 5.41) is 10.1. The van der Waals surface area contributed by atoms with Crippen molar-refractivity contribution in [2.75, 3.05) is 20.7 Å². The molecular formula is C14H17FN4O2. The average molecular weight is 292 g/mol. The van der Waals surface area contributed by atoms with E-state index in [0.717, 1.165) is 5.56 Å². The van der Waals surface area contributed by atoms with E-state index >= 15 is 0 Å². The molecule has 0 atom stereocenters. The first-order valence-corrected chi connectivity index (χ1v) is 6.53. The SMILES string of the molecule is CCOC(=O)c1n[nH]nc1-c1cc(F)cc(CN(C)C)c1. The quantitative estimate of drug-likeness (QED) is 0.852. The molecule has 112 valence electrons. The second-order valence-corrected chi connectivity index (χ2v) is 4.83. The van der Waals surface area contributed by atoms with E-state index in [4.69, 9.17) is 4.74 Å². The molecule has 0 spiro atoms. The van der Waals surface area contributed by atoms with Gasteiger partial charge in [0.15, 0.2) is 5.69 Å². The number of rotatable bonds is 5. The molecule has 0 bridgehead atoms. The van der Waals surface area contributed by atoms with Gasteiger partial charge in [0.2, 0.25) is 0 Å². The number of hydrogen-bond donors (Lipinski definition) is 1. The lowest BCUT2D eigenvalue weighted by atomic mass is 10.1. The van der Waals surface area contributed by atoms with Gasteiger partial charge in [-0.25, -0.2) is 9.18 Å². The van der Waals surface area contributed by atoms with Crippen molar-refractivity contribution in [3.8, 4) is 11.3 Å². The molecule has 2 rings (SSSR count). The summed E-state index contributed by atoms with van der Waals surface area (Å²) in [5.74, 6) is -0.971. The third-order valence-corrected chi connectivity index (χ3v) is 2.75. The van der Waals surface area contributed by atoms with Crippen LogP contribution in [-0.2, 0) is 11.3 Å². The van der Waals surface area contributed by atoms with Crippen LogP contribution in [0.1, 0.15) is 23.0 Å². The number of hydrogen-bond acceptors (Lipinski definition) is 5. The summed E-state index contributed by atoms with van der Waals surface area (Å²) in [6, 6.07) is 4.55. The summed E-state index contributed by atoms with van der Waals surface area (Å²) in [5.41, 5.74) is 1.61. The molecule has 1 aromatic carbocycles. The predicted molar refractivity (Wildman–Crippen MR) is 75.1 cm³/mol. The molecule has 0 aliphatic carbocycles. The van der Waals surface area contributed by atoms with Crippen LogP contribution in [0.3, 0.4) is 0 Å². The number of aromatic amines is 1. The maximum atomic E-state index is 13.8. The number of halogens is 1. The zero-order chi connectivity index (χ0) is 15.4. The Morgan fingerprint density at radius 2 is 2.10 bits per heavy atom. The van der Waals surface area contributed by atoms with E-state index in [1.165, 1.54) is 12.1 Å². The smallest absolute Gasteiger partial charge is 0.361 e. The minimum atomic E-state index is -0.584. The van der Waals surface area contributed by atoms with Crippen LogP contribution in [0.5, 0.6) is 0 Å². The van der Waals surface area contributed by atoms with Gasteiger partial charge in [-0.2, -0.15) is 10.3 Å². The molecule has 1 heterocycles. The van der Waals surface area contributed by atoms with Crippen LogP contribution in [0.4, 0.5) is 4.39 Å². The molecule has 0 aliphatic heterocycles. The van der Waals surface area contributed by atoms with E-state index in [2.05, 4.69) is 15.4 Å². The summed E-state index contributed by atoms with van der Waals surface area (Å²) in [7, 11) is 3.79. The van der Waals surface area contributed by atoms with Crippen LogP contribution in [0.25, 0.3) is 11.3 Å². The second kappa shape index (κ2) is 6.45. The molecule has 0 fully saturated rings. The lowest BCUT2D eigenvalue weighted by molar-refractivity contribution is 0.0520. The number of aromatic nitrogens is 3. The number of carbonyl (C=O) groups is 1. The average Bonchev–Trinajstić information content (AvgIpc) is 2.86. The standard InChI is InChI=1S/C14H17FN4O2/c1-4-21-14(20)13-12(16-18-17-13)10-5-9(8-19(2)3)6-11(15)7-10/h5-7H,4,8H2,1-3H3,(H,16,17,18). The number of H-pyrrole nitrogens is 1. The lowest BCUT2D eigenvalue weighted by Gasteiger charge is -2.11. The topological polar surface area (TPSA) is 71.1 Å². The molecule has 7 heteroatoms. The normalized spacial score (nSPS) is 10.9. The number of carbonyl (C=O) groups excluding carboxylic acids is 1. The van der Waals surface area contributed by atoms with Crippen molar-refractivity contribution in [1.29, 1.82) is 0 Å². The fraction of sp³-hybridized carbons (Fsp3) is 0.357. The van der Waals surface area contributed by atoms with Crippen LogP contribution >= 0.6 is 0 Å². The molecule has 6 nitrogen and oxygen atoms in total. The van der Waals surface area contributed by atoms with Gasteiger partial charge in [0, 0.05) is 12.1 Å². The van der Waals surface area contributed by atoms with Crippen molar-refractivity contribution in [1.82, 2.24) is 20.3 Å². The Bertz CT molecular complexity index is 640. The van der Waals surface area contributed by atoms with E-state index in [1.807, 2.05) is 19.0 Å². The summed E-state index contributed by atoms with van der Waals surface area (Å²) in [6.45, 7) is 2.52. The first-order chi connectivity index (χ1) is 10.0. The van der Waals surface area contributed by atoms with Crippen molar-refractivity contribution in [2.24, 2.45) is 0 Å². The van der Waals surface area contributed by atoms with E-state index in [-0.39, 0.29) is 23.8 Å². The lowest BCUT2D eigenvalue weighted by Crippen LogP contribution is -2.11. The summed E-state index contributed by atoms with van der Waals surface area (Å²) in [6.07, 6.45) is 0. The summed E-state index contributed by atoms with van der Waals surface area (Å²) < 4.78 is 18.7. The molecule has 1 aromatic heterocycles. The molecule has 0 unspecified atom stereocenters. The molecule has 21 heavy (non-hydrogen) atoms. The zero-order valence-electron chi connectivity index (χ0n) is 12.2. The van der Waals surface area contributed by atoms with Gasteiger partial charge in [0.05, 0.1) is 6.61 Å². The third kappa shape index (κ3) is 3.63. The van der Waals surface area contributed by atoms with E-state index in [0.29, 0.717) is 12.1 Å². The Kier molecular flexibility index (Phi) is 4.64. The van der Waals surface area contributed by atoms with Crippen molar-refractivity contribution in [3.63, 3.8) is 0 Å². The van der Waals surface area contributed by atoms with Gasteiger partial charge < -0.3 is 9.64 Å². The van der Waals surface area contributed by atoms with Crippen LogP contribution in [0, 0.1) is 5.82 Å². The maximum absolute atomic E-state index is 13.8. The monoisotopic (exact) mass is 292 g/mol. The van der Waals surface area contributed by atoms with Gasteiger partial charge in [0.25, 0.3) is 0 Å². The highest BCUT2D eigenvalue weighted by Crippen LogP contribution is 2.23.